The van der Waals surface area contributed by atoms with Crippen LogP contribution in [0.1, 0.15) is 12.8 Å². The topological polar surface area (TPSA) is 84.1 Å². The van der Waals surface area contributed by atoms with Crippen molar-refractivity contribution in [3.8, 4) is 0 Å². The minimum Gasteiger partial charge on any atom is -0.390 e. The Morgan fingerprint density at radius 2 is 1.90 bits per heavy atom. The van der Waals surface area contributed by atoms with Gasteiger partial charge in [0.05, 0.1) is 12.6 Å². The van der Waals surface area contributed by atoms with Gasteiger partial charge in [-0.25, -0.2) is 15.0 Å². The van der Waals surface area contributed by atoms with Crippen LogP contribution in [0.4, 0.5) is 0 Å². The molecule has 0 aliphatic carbocycles. The number of likely N-dealkylation sites (tertiary alicyclic amines) is 1. The van der Waals surface area contributed by atoms with Crippen molar-refractivity contribution in [1.29, 1.82) is 0 Å². The zero-order valence-electron chi connectivity index (χ0n) is 11.1. The maximum absolute atomic E-state index is 12.2. The predicted molar refractivity (Wildman–Crippen MR) is 73.3 cm³/mol. The Kier molecular flexibility index (Phi) is 3.70. The normalized spacial score (nSPS) is 17.6. The van der Waals surface area contributed by atoms with Crippen molar-refractivity contribution < 1.29 is 5.11 Å². The van der Waals surface area contributed by atoms with E-state index in [0.29, 0.717) is 12.2 Å². The van der Waals surface area contributed by atoms with E-state index in [0.717, 1.165) is 13.1 Å². The molecule has 0 bridgehead atoms. The van der Waals surface area contributed by atoms with Gasteiger partial charge in [-0.15, -0.1) is 0 Å². The van der Waals surface area contributed by atoms with Crippen LogP contribution in [0.3, 0.4) is 0 Å². The first-order valence-electron chi connectivity index (χ1n) is 6.80. The molecule has 0 radical (unpaired) electrons. The maximum atomic E-state index is 12.2. The van der Waals surface area contributed by atoms with Crippen LogP contribution < -0.4 is 5.56 Å². The highest BCUT2D eigenvalue weighted by atomic mass is 16.3. The second kappa shape index (κ2) is 5.64. The van der Waals surface area contributed by atoms with E-state index in [2.05, 4.69) is 19.9 Å². The van der Waals surface area contributed by atoms with Gasteiger partial charge in [0.1, 0.15) is 6.33 Å². The number of aliphatic hydroxyl groups excluding tert-OH is 1. The molecular weight excluding hydrogens is 258 g/mol. The molecule has 2 aromatic rings. The molecule has 106 valence electrons. The molecule has 1 aliphatic heterocycles. The molecule has 1 aliphatic rings. The summed E-state index contributed by atoms with van der Waals surface area (Å²) in [6, 6.07) is 0. The van der Waals surface area contributed by atoms with E-state index >= 15 is 0 Å². The Balaban J connectivity index is 1.76. The fraction of sp³-hybridized carbons (Fsp3) is 0.538. The van der Waals surface area contributed by atoms with E-state index in [1.54, 1.807) is 0 Å². The summed E-state index contributed by atoms with van der Waals surface area (Å²) in [6.07, 6.45) is 6.17. The molecule has 2 aromatic heterocycles. The van der Waals surface area contributed by atoms with Gasteiger partial charge in [-0.2, -0.15) is 0 Å². The first-order chi connectivity index (χ1) is 9.74. The molecule has 0 aromatic carbocycles. The molecule has 0 unspecified atom stereocenters. The van der Waals surface area contributed by atoms with Gasteiger partial charge in [-0.1, -0.05) is 0 Å². The third-order valence-electron chi connectivity index (χ3n) is 3.54. The lowest BCUT2D eigenvalue weighted by atomic mass is 10.3. The van der Waals surface area contributed by atoms with Gasteiger partial charge < -0.3 is 10.0 Å². The Morgan fingerprint density at radius 3 is 2.70 bits per heavy atom. The second-order valence-corrected chi connectivity index (χ2v) is 5.09. The number of fused-ring (bicyclic) bond motifs is 1. The number of aliphatic hydroxyl groups is 1. The minimum absolute atomic E-state index is 0.231. The summed E-state index contributed by atoms with van der Waals surface area (Å²) in [5.74, 6) is 0. The van der Waals surface area contributed by atoms with Gasteiger partial charge in [0, 0.05) is 18.9 Å². The summed E-state index contributed by atoms with van der Waals surface area (Å²) in [4.78, 5) is 26.5. The van der Waals surface area contributed by atoms with Crippen molar-refractivity contribution in [2.75, 3.05) is 19.6 Å². The lowest BCUT2D eigenvalue weighted by Crippen LogP contribution is -2.35. The average molecular weight is 275 g/mol. The van der Waals surface area contributed by atoms with Crippen LogP contribution in [-0.4, -0.2) is 55.3 Å². The summed E-state index contributed by atoms with van der Waals surface area (Å²) >= 11 is 0. The van der Waals surface area contributed by atoms with Crippen molar-refractivity contribution in [3.63, 3.8) is 0 Å². The molecule has 0 amide bonds. The van der Waals surface area contributed by atoms with Gasteiger partial charge >= 0.3 is 0 Å². The molecule has 0 saturated carbocycles. The quantitative estimate of drug-likeness (QED) is 0.820. The smallest absolute Gasteiger partial charge is 0.281 e. The summed E-state index contributed by atoms with van der Waals surface area (Å²) in [5, 5.41) is 10.1. The Bertz CT molecular complexity index is 650. The average Bonchev–Trinajstić information content (AvgIpc) is 2.95. The monoisotopic (exact) mass is 275 g/mol. The number of hydrogen-bond acceptors (Lipinski definition) is 6. The molecule has 0 spiro atoms. The van der Waals surface area contributed by atoms with E-state index in [1.807, 2.05) is 0 Å². The molecule has 7 heteroatoms. The fourth-order valence-corrected chi connectivity index (χ4v) is 2.57. The van der Waals surface area contributed by atoms with Crippen LogP contribution in [-0.2, 0) is 6.54 Å². The molecule has 1 fully saturated rings. The van der Waals surface area contributed by atoms with Crippen molar-refractivity contribution >= 4 is 11.2 Å². The SMILES string of the molecule is O=c1c2nccnc2ncn1C[C@@H](O)CN1CCCC1. The van der Waals surface area contributed by atoms with Crippen molar-refractivity contribution in [2.45, 2.75) is 25.5 Å². The third-order valence-corrected chi connectivity index (χ3v) is 3.54. The molecule has 1 N–H and O–H groups in total. The predicted octanol–water partition coefficient (Wildman–Crippen LogP) is -0.357. The lowest BCUT2D eigenvalue weighted by molar-refractivity contribution is 0.108. The van der Waals surface area contributed by atoms with Gasteiger partial charge in [-0.3, -0.25) is 9.36 Å². The first kappa shape index (κ1) is 13.1. The standard InChI is InChI=1S/C13H17N5O2/c19-10(7-17-5-1-2-6-17)8-18-9-16-12-11(13(18)20)14-3-4-15-12/h3-4,9-10,19H,1-2,5-8H2/t10-/m0/s1. The minimum atomic E-state index is -0.582. The molecule has 1 saturated heterocycles. The Morgan fingerprint density at radius 1 is 1.15 bits per heavy atom. The number of rotatable bonds is 4. The van der Waals surface area contributed by atoms with Crippen LogP contribution in [0.2, 0.25) is 0 Å². The molecule has 3 rings (SSSR count). The highest BCUT2D eigenvalue weighted by molar-refractivity contribution is 5.66. The maximum Gasteiger partial charge on any atom is 0.281 e. The molecule has 1 atom stereocenters. The highest BCUT2D eigenvalue weighted by Crippen LogP contribution is 2.08. The van der Waals surface area contributed by atoms with E-state index in [1.165, 1.54) is 36.1 Å². The van der Waals surface area contributed by atoms with Gasteiger partial charge in [-0.05, 0) is 25.9 Å². The summed E-state index contributed by atoms with van der Waals surface area (Å²) in [5.41, 5.74) is 0.315. The van der Waals surface area contributed by atoms with E-state index in [9.17, 15) is 9.90 Å². The molecular formula is C13H17N5O2. The first-order valence-corrected chi connectivity index (χ1v) is 6.80. The molecule has 20 heavy (non-hydrogen) atoms. The lowest BCUT2D eigenvalue weighted by Gasteiger charge is -2.19. The molecule has 3 heterocycles. The van der Waals surface area contributed by atoms with Crippen LogP contribution in [0.15, 0.2) is 23.5 Å². The summed E-state index contributed by atoms with van der Waals surface area (Å²) in [7, 11) is 0. The Labute approximate surface area is 115 Å². The zero-order valence-corrected chi connectivity index (χ0v) is 11.1. The van der Waals surface area contributed by atoms with Crippen molar-refractivity contribution in [3.05, 3.63) is 29.1 Å². The highest BCUT2D eigenvalue weighted by Gasteiger charge is 2.17. The van der Waals surface area contributed by atoms with Crippen LogP contribution in [0.25, 0.3) is 11.2 Å². The largest absolute Gasteiger partial charge is 0.390 e. The van der Waals surface area contributed by atoms with Gasteiger partial charge in [0.15, 0.2) is 11.2 Å². The van der Waals surface area contributed by atoms with E-state index < -0.39 is 6.10 Å². The van der Waals surface area contributed by atoms with Crippen molar-refractivity contribution in [1.82, 2.24) is 24.4 Å². The van der Waals surface area contributed by atoms with Crippen LogP contribution in [0.5, 0.6) is 0 Å². The number of aromatic nitrogens is 4. The zero-order chi connectivity index (χ0) is 13.9. The second-order valence-electron chi connectivity index (χ2n) is 5.09. The Hall–Kier alpha value is -1.86. The fourth-order valence-electron chi connectivity index (χ4n) is 2.57. The van der Waals surface area contributed by atoms with Gasteiger partial charge in [0.2, 0.25) is 0 Å². The van der Waals surface area contributed by atoms with E-state index in [4.69, 9.17) is 0 Å². The number of β-amino-alcohol motifs (C(OH)–C–C–N with tert-alkyl or cyclic N) is 1. The van der Waals surface area contributed by atoms with Crippen LogP contribution >= 0.6 is 0 Å². The van der Waals surface area contributed by atoms with Gasteiger partial charge in [0.25, 0.3) is 5.56 Å². The van der Waals surface area contributed by atoms with E-state index in [-0.39, 0.29) is 17.6 Å². The number of nitrogens with zero attached hydrogens (tertiary/aromatic N) is 5. The summed E-state index contributed by atoms with van der Waals surface area (Å²) in [6.45, 7) is 2.86. The number of hydrogen-bond donors (Lipinski definition) is 1. The molecule has 7 nitrogen and oxygen atoms in total. The van der Waals surface area contributed by atoms with Crippen LogP contribution in [0, 0.1) is 0 Å². The van der Waals surface area contributed by atoms with Crippen molar-refractivity contribution in [2.24, 2.45) is 0 Å². The summed E-state index contributed by atoms with van der Waals surface area (Å²) < 4.78 is 1.40. The third kappa shape index (κ3) is 2.68.